The Labute approximate surface area is 170 Å². The molecule has 1 N–H and O–H groups in total. The average Bonchev–Trinajstić information content (AvgIpc) is 3.10. The Balaban J connectivity index is 1.58. The number of carbonyl (C=O) groups excluding carboxylic acids is 2. The van der Waals surface area contributed by atoms with Crippen molar-refractivity contribution in [1.29, 1.82) is 0 Å². The molecule has 0 bridgehead atoms. The third-order valence-electron chi connectivity index (χ3n) is 4.49. The van der Waals surface area contributed by atoms with Gasteiger partial charge in [-0.3, -0.25) is 14.5 Å². The molecule has 1 heterocycles. The summed E-state index contributed by atoms with van der Waals surface area (Å²) in [5.74, 6) is -1.01. The highest BCUT2D eigenvalue weighted by molar-refractivity contribution is 8.00. The second-order valence-corrected chi connectivity index (χ2v) is 7.56. The summed E-state index contributed by atoms with van der Waals surface area (Å²) in [6.45, 7) is 0. The van der Waals surface area contributed by atoms with Crippen LogP contribution >= 0.6 is 11.8 Å². The van der Waals surface area contributed by atoms with E-state index in [1.54, 1.807) is 35.2 Å². The standard InChI is InChI=1S/C22H16F2N2O2S/c23-16-9-7-14(8-10-16)21(28)25-18-5-1-3-15(11-18)22-26(20(27)13-29-22)19-6-2-4-17(24)12-19/h1-12,22H,13H2,(H,25,28)/t22-/m1/s1. The molecule has 4 rings (SSSR count). The number of carbonyl (C=O) groups is 2. The monoisotopic (exact) mass is 410 g/mol. The van der Waals surface area contributed by atoms with Gasteiger partial charge in [0.25, 0.3) is 5.91 Å². The molecule has 1 fully saturated rings. The molecule has 0 aliphatic carbocycles. The predicted octanol–water partition coefficient (Wildman–Crippen LogP) is 5.00. The van der Waals surface area contributed by atoms with Crippen LogP contribution in [0.15, 0.2) is 72.8 Å². The fourth-order valence-electron chi connectivity index (χ4n) is 3.15. The van der Waals surface area contributed by atoms with Crippen molar-refractivity contribution in [2.45, 2.75) is 5.37 Å². The molecule has 0 saturated carbocycles. The Kier molecular flexibility index (Phi) is 5.31. The van der Waals surface area contributed by atoms with Gasteiger partial charge in [0.1, 0.15) is 17.0 Å². The third-order valence-corrected chi connectivity index (χ3v) is 5.70. The lowest BCUT2D eigenvalue weighted by Gasteiger charge is -2.24. The Hall–Kier alpha value is -3.19. The van der Waals surface area contributed by atoms with Gasteiger partial charge in [0.2, 0.25) is 5.91 Å². The fourth-order valence-corrected chi connectivity index (χ4v) is 4.32. The lowest BCUT2D eigenvalue weighted by Crippen LogP contribution is -2.27. The third kappa shape index (κ3) is 4.14. The number of hydrogen-bond donors (Lipinski definition) is 1. The summed E-state index contributed by atoms with van der Waals surface area (Å²) in [5, 5.41) is 2.46. The van der Waals surface area contributed by atoms with Crippen LogP contribution in [0.5, 0.6) is 0 Å². The van der Waals surface area contributed by atoms with Crippen LogP contribution in [-0.2, 0) is 4.79 Å². The first-order chi connectivity index (χ1) is 14.0. The van der Waals surface area contributed by atoms with E-state index >= 15 is 0 Å². The number of halogens is 2. The van der Waals surface area contributed by atoms with Crippen LogP contribution < -0.4 is 10.2 Å². The van der Waals surface area contributed by atoms with Gasteiger partial charge < -0.3 is 5.32 Å². The van der Waals surface area contributed by atoms with Gasteiger partial charge in [-0.05, 0) is 60.2 Å². The van der Waals surface area contributed by atoms with Crippen LogP contribution in [0.2, 0.25) is 0 Å². The molecule has 1 aliphatic rings. The Bertz CT molecular complexity index is 1070. The van der Waals surface area contributed by atoms with Gasteiger partial charge in [-0.2, -0.15) is 0 Å². The molecule has 0 unspecified atom stereocenters. The second kappa shape index (κ2) is 8.05. The van der Waals surface area contributed by atoms with Crippen LogP contribution in [0.4, 0.5) is 20.2 Å². The number of nitrogens with zero attached hydrogens (tertiary/aromatic N) is 1. The highest BCUT2D eigenvalue weighted by atomic mass is 32.2. The van der Waals surface area contributed by atoms with Crippen molar-refractivity contribution in [1.82, 2.24) is 0 Å². The molecule has 4 nitrogen and oxygen atoms in total. The SMILES string of the molecule is O=C(Nc1cccc([C@H]2SCC(=O)N2c2cccc(F)c2)c1)c1ccc(F)cc1. The van der Waals surface area contributed by atoms with Crippen molar-refractivity contribution in [3.05, 3.63) is 95.6 Å². The molecule has 1 atom stereocenters. The van der Waals surface area contributed by atoms with E-state index in [1.165, 1.54) is 48.2 Å². The van der Waals surface area contributed by atoms with Gasteiger partial charge in [-0.1, -0.05) is 18.2 Å². The summed E-state index contributed by atoms with van der Waals surface area (Å²) in [7, 11) is 0. The van der Waals surface area contributed by atoms with E-state index in [2.05, 4.69) is 5.32 Å². The van der Waals surface area contributed by atoms with Gasteiger partial charge in [0, 0.05) is 16.9 Å². The van der Waals surface area contributed by atoms with Crippen LogP contribution in [-0.4, -0.2) is 17.6 Å². The van der Waals surface area contributed by atoms with E-state index < -0.39 is 11.6 Å². The molecule has 146 valence electrons. The summed E-state index contributed by atoms with van der Waals surface area (Å²) in [6.07, 6.45) is 0. The van der Waals surface area contributed by atoms with Crippen molar-refractivity contribution in [3.8, 4) is 0 Å². The maximum absolute atomic E-state index is 13.7. The maximum atomic E-state index is 13.7. The van der Waals surface area contributed by atoms with Crippen molar-refractivity contribution in [2.24, 2.45) is 0 Å². The maximum Gasteiger partial charge on any atom is 0.255 e. The zero-order valence-electron chi connectivity index (χ0n) is 15.1. The number of anilines is 2. The summed E-state index contributed by atoms with van der Waals surface area (Å²) in [4.78, 5) is 26.4. The number of nitrogens with one attached hydrogen (secondary N) is 1. The molecule has 1 saturated heterocycles. The molecule has 0 aromatic heterocycles. The van der Waals surface area contributed by atoms with Gasteiger partial charge in [0.05, 0.1) is 5.75 Å². The minimum atomic E-state index is -0.413. The Morgan fingerprint density at radius 2 is 1.72 bits per heavy atom. The zero-order valence-corrected chi connectivity index (χ0v) is 16.0. The van der Waals surface area contributed by atoms with Crippen molar-refractivity contribution in [2.75, 3.05) is 16.0 Å². The van der Waals surface area contributed by atoms with Crippen LogP contribution in [0, 0.1) is 11.6 Å². The summed E-state index contributed by atoms with van der Waals surface area (Å²) >= 11 is 1.44. The number of thioether (sulfide) groups is 1. The van der Waals surface area contributed by atoms with Crippen molar-refractivity contribution >= 4 is 35.0 Å². The Morgan fingerprint density at radius 1 is 0.966 bits per heavy atom. The molecule has 1 aliphatic heterocycles. The minimum Gasteiger partial charge on any atom is -0.322 e. The highest BCUT2D eigenvalue weighted by Gasteiger charge is 2.34. The molecular weight excluding hydrogens is 394 g/mol. The number of benzene rings is 3. The number of rotatable bonds is 4. The average molecular weight is 410 g/mol. The molecule has 3 aromatic rings. The van der Waals surface area contributed by atoms with Crippen molar-refractivity contribution in [3.63, 3.8) is 0 Å². The topological polar surface area (TPSA) is 49.4 Å². The molecule has 0 spiro atoms. The fraction of sp³-hybridized carbons (Fsp3) is 0.0909. The zero-order chi connectivity index (χ0) is 20.4. The molecule has 7 heteroatoms. The van der Waals surface area contributed by atoms with E-state index in [0.29, 0.717) is 16.9 Å². The van der Waals surface area contributed by atoms with E-state index in [4.69, 9.17) is 0 Å². The first kappa shape index (κ1) is 19.1. The molecule has 0 radical (unpaired) electrons. The van der Waals surface area contributed by atoms with Crippen LogP contribution in [0.25, 0.3) is 0 Å². The van der Waals surface area contributed by atoms with Crippen molar-refractivity contribution < 1.29 is 18.4 Å². The van der Waals surface area contributed by atoms with Crippen LogP contribution in [0.1, 0.15) is 21.3 Å². The van der Waals surface area contributed by atoms with Gasteiger partial charge in [-0.15, -0.1) is 11.8 Å². The van der Waals surface area contributed by atoms with Gasteiger partial charge in [-0.25, -0.2) is 8.78 Å². The quantitative estimate of drug-likeness (QED) is 0.659. The first-order valence-electron chi connectivity index (χ1n) is 8.87. The van der Waals surface area contributed by atoms with E-state index in [-0.39, 0.29) is 22.9 Å². The number of amides is 2. The lowest BCUT2D eigenvalue weighted by atomic mass is 10.1. The van der Waals surface area contributed by atoms with E-state index in [0.717, 1.165) is 5.56 Å². The molecule has 29 heavy (non-hydrogen) atoms. The summed E-state index contributed by atoms with van der Waals surface area (Å²) in [6, 6.07) is 18.3. The normalized spacial score (nSPS) is 16.1. The number of hydrogen-bond acceptors (Lipinski definition) is 3. The molecule has 2 amide bonds. The smallest absolute Gasteiger partial charge is 0.255 e. The highest BCUT2D eigenvalue weighted by Crippen LogP contribution is 2.42. The first-order valence-corrected chi connectivity index (χ1v) is 9.92. The summed E-state index contributed by atoms with van der Waals surface area (Å²) < 4.78 is 26.7. The predicted molar refractivity (Wildman–Crippen MR) is 110 cm³/mol. The van der Waals surface area contributed by atoms with E-state index in [1.807, 2.05) is 6.07 Å². The van der Waals surface area contributed by atoms with Crippen LogP contribution in [0.3, 0.4) is 0 Å². The second-order valence-electron chi connectivity index (χ2n) is 6.49. The molecule has 3 aromatic carbocycles. The Morgan fingerprint density at radius 3 is 2.48 bits per heavy atom. The molecular formula is C22H16F2N2O2S. The summed E-state index contributed by atoms with van der Waals surface area (Å²) in [5.41, 5.74) is 2.19. The minimum absolute atomic E-state index is 0.105. The van der Waals surface area contributed by atoms with Gasteiger partial charge >= 0.3 is 0 Å². The van der Waals surface area contributed by atoms with Gasteiger partial charge in [0.15, 0.2) is 0 Å². The lowest BCUT2D eigenvalue weighted by molar-refractivity contribution is -0.115. The largest absolute Gasteiger partial charge is 0.322 e. The van der Waals surface area contributed by atoms with E-state index in [9.17, 15) is 18.4 Å².